The van der Waals surface area contributed by atoms with E-state index in [-0.39, 0.29) is 23.0 Å². The summed E-state index contributed by atoms with van der Waals surface area (Å²) < 4.78 is 10.1. The summed E-state index contributed by atoms with van der Waals surface area (Å²) >= 11 is 0. The average Bonchev–Trinajstić information content (AvgIpc) is 2.81. The van der Waals surface area contributed by atoms with E-state index in [0.717, 1.165) is 5.56 Å². The van der Waals surface area contributed by atoms with Crippen molar-refractivity contribution in [2.45, 2.75) is 6.92 Å². The minimum Gasteiger partial charge on any atom is -0.504 e. The summed E-state index contributed by atoms with van der Waals surface area (Å²) in [6.07, 6.45) is 0. The second kappa shape index (κ2) is 4.40. The zero-order chi connectivity index (χ0) is 13.3. The summed E-state index contributed by atoms with van der Waals surface area (Å²) in [6.45, 7) is 1.79. The van der Waals surface area contributed by atoms with Crippen molar-refractivity contribution in [2.75, 3.05) is 7.11 Å². The van der Waals surface area contributed by atoms with Crippen LogP contribution < -0.4 is 4.74 Å². The minimum atomic E-state index is -1.18. The van der Waals surface area contributed by atoms with Crippen LogP contribution in [0.1, 0.15) is 16.1 Å². The first-order valence-electron chi connectivity index (χ1n) is 5.11. The minimum absolute atomic E-state index is 0.0497. The number of rotatable bonds is 3. The van der Waals surface area contributed by atoms with E-state index >= 15 is 0 Å². The van der Waals surface area contributed by atoms with E-state index in [1.54, 1.807) is 13.0 Å². The number of aromatic nitrogens is 1. The van der Waals surface area contributed by atoms with Gasteiger partial charge in [-0.2, -0.15) is 0 Å². The summed E-state index contributed by atoms with van der Waals surface area (Å²) in [4.78, 5) is 10.7. The number of carboxylic acid groups (broad SMARTS) is 1. The third-order valence-corrected chi connectivity index (χ3v) is 2.53. The Labute approximate surface area is 102 Å². The van der Waals surface area contributed by atoms with E-state index in [1.807, 2.05) is 0 Å². The van der Waals surface area contributed by atoms with Crippen LogP contribution >= 0.6 is 0 Å². The first-order valence-corrected chi connectivity index (χ1v) is 5.11. The molecule has 0 atom stereocenters. The van der Waals surface area contributed by atoms with Gasteiger partial charge < -0.3 is 19.5 Å². The highest BCUT2D eigenvalue weighted by atomic mass is 16.5. The van der Waals surface area contributed by atoms with Gasteiger partial charge in [-0.1, -0.05) is 11.2 Å². The van der Waals surface area contributed by atoms with E-state index in [0.29, 0.717) is 5.56 Å². The zero-order valence-electron chi connectivity index (χ0n) is 9.80. The van der Waals surface area contributed by atoms with Crippen molar-refractivity contribution in [3.8, 4) is 22.8 Å². The molecule has 0 saturated heterocycles. The Kier molecular flexibility index (Phi) is 2.93. The number of phenolic OH excluding ortho intramolecular Hbond substituents is 1. The largest absolute Gasteiger partial charge is 0.504 e. The number of benzene rings is 1. The second-order valence-corrected chi connectivity index (χ2v) is 3.69. The number of carbonyl (C=O) groups is 1. The SMILES string of the molecule is COc1c(O)ccc(C)c1-c1cc(C(=O)O)no1. The van der Waals surface area contributed by atoms with Crippen LogP contribution in [-0.4, -0.2) is 28.4 Å². The lowest BCUT2D eigenvalue weighted by atomic mass is 10.0. The molecule has 0 unspecified atom stereocenters. The fourth-order valence-corrected chi connectivity index (χ4v) is 1.68. The smallest absolute Gasteiger partial charge is 0.358 e. The Morgan fingerprint density at radius 3 is 2.72 bits per heavy atom. The lowest BCUT2D eigenvalue weighted by Gasteiger charge is -2.10. The second-order valence-electron chi connectivity index (χ2n) is 3.69. The summed E-state index contributed by atoms with van der Waals surface area (Å²) in [5.41, 5.74) is 1.06. The van der Waals surface area contributed by atoms with Gasteiger partial charge in [0.15, 0.2) is 23.0 Å². The molecule has 0 aliphatic heterocycles. The van der Waals surface area contributed by atoms with E-state index in [2.05, 4.69) is 5.16 Å². The normalized spacial score (nSPS) is 10.3. The van der Waals surface area contributed by atoms with Gasteiger partial charge in [-0.3, -0.25) is 0 Å². The summed E-state index contributed by atoms with van der Waals surface area (Å²) in [5.74, 6) is -0.770. The Balaban J connectivity index is 2.62. The maximum absolute atomic E-state index is 10.7. The number of ether oxygens (including phenoxy) is 1. The number of hydrogen-bond donors (Lipinski definition) is 2. The summed E-state index contributed by atoms with van der Waals surface area (Å²) in [5, 5.41) is 21.9. The van der Waals surface area contributed by atoms with Gasteiger partial charge in [0.1, 0.15) is 0 Å². The molecule has 2 aromatic rings. The summed E-state index contributed by atoms with van der Waals surface area (Å²) in [7, 11) is 1.41. The number of nitrogens with zero attached hydrogens (tertiary/aromatic N) is 1. The van der Waals surface area contributed by atoms with Crippen LogP contribution in [-0.2, 0) is 0 Å². The van der Waals surface area contributed by atoms with Gasteiger partial charge in [-0.05, 0) is 18.6 Å². The fourth-order valence-electron chi connectivity index (χ4n) is 1.68. The summed E-state index contributed by atoms with van der Waals surface area (Å²) in [6, 6.07) is 4.45. The number of hydrogen-bond acceptors (Lipinski definition) is 5. The molecule has 6 heteroatoms. The molecule has 1 heterocycles. The van der Waals surface area contributed by atoms with Gasteiger partial charge in [0.25, 0.3) is 0 Å². The lowest BCUT2D eigenvalue weighted by molar-refractivity contribution is 0.0686. The molecule has 0 aliphatic rings. The predicted octanol–water partition coefficient (Wildman–Crippen LogP) is 2.06. The van der Waals surface area contributed by atoms with E-state index in [4.69, 9.17) is 14.4 Å². The van der Waals surface area contributed by atoms with Crippen molar-refractivity contribution in [3.63, 3.8) is 0 Å². The third-order valence-electron chi connectivity index (χ3n) is 2.53. The van der Waals surface area contributed by atoms with Crippen molar-refractivity contribution in [2.24, 2.45) is 0 Å². The molecule has 18 heavy (non-hydrogen) atoms. The Morgan fingerprint density at radius 2 is 2.17 bits per heavy atom. The van der Waals surface area contributed by atoms with Gasteiger partial charge in [0.05, 0.1) is 12.7 Å². The predicted molar refractivity (Wildman–Crippen MR) is 61.9 cm³/mol. The van der Waals surface area contributed by atoms with Gasteiger partial charge in [-0.25, -0.2) is 4.79 Å². The molecule has 0 amide bonds. The quantitative estimate of drug-likeness (QED) is 0.864. The number of carboxylic acids is 1. The average molecular weight is 249 g/mol. The van der Waals surface area contributed by atoms with E-state index in [9.17, 15) is 9.90 Å². The molecule has 0 spiro atoms. The van der Waals surface area contributed by atoms with Crippen molar-refractivity contribution >= 4 is 5.97 Å². The standard InChI is InChI=1S/C12H11NO5/c1-6-3-4-8(14)11(17-2)10(6)9-5-7(12(15)16)13-18-9/h3-5,14H,1-2H3,(H,15,16). The van der Waals surface area contributed by atoms with E-state index in [1.165, 1.54) is 19.2 Å². The Hall–Kier alpha value is -2.50. The van der Waals surface area contributed by atoms with Crippen LogP contribution in [0.15, 0.2) is 22.7 Å². The molecule has 2 N–H and O–H groups in total. The molecule has 1 aromatic carbocycles. The van der Waals surface area contributed by atoms with Crippen LogP contribution in [0.4, 0.5) is 0 Å². The molecule has 1 aromatic heterocycles. The van der Waals surface area contributed by atoms with Gasteiger partial charge in [0, 0.05) is 6.07 Å². The van der Waals surface area contributed by atoms with Crippen LogP contribution in [0.5, 0.6) is 11.5 Å². The van der Waals surface area contributed by atoms with Gasteiger partial charge in [-0.15, -0.1) is 0 Å². The van der Waals surface area contributed by atoms with Crippen molar-refractivity contribution in [1.82, 2.24) is 5.16 Å². The number of aryl methyl sites for hydroxylation is 1. The topological polar surface area (TPSA) is 92.8 Å². The molecule has 0 radical (unpaired) electrons. The number of phenols is 1. The maximum atomic E-state index is 10.7. The van der Waals surface area contributed by atoms with Crippen LogP contribution in [0, 0.1) is 6.92 Å². The van der Waals surface area contributed by atoms with Crippen molar-refractivity contribution < 1.29 is 24.3 Å². The van der Waals surface area contributed by atoms with Crippen LogP contribution in [0.2, 0.25) is 0 Å². The molecular formula is C12H11NO5. The highest BCUT2D eigenvalue weighted by Gasteiger charge is 2.19. The first-order chi connectivity index (χ1) is 8.54. The van der Waals surface area contributed by atoms with Gasteiger partial charge >= 0.3 is 5.97 Å². The van der Waals surface area contributed by atoms with Crippen LogP contribution in [0.3, 0.4) is 0 Å². The number of aromatic hydroxyl groups is 1. The van der Waals surface area contributed by atoms with E-state index < -0.39 is 5.97 Å². The molecule has 0 aliphatic carbocycles. The molecule has 6 nitrogen and oxygen atoms in total. The number of aromatic carboxylic acids is 1. The van der Waals surface area contributed by atoms with Crippen molar-refractivity contribution in [1.29, 1.82) is 0 Å². The molecular weight excluding hydrogens is 238 g/mol. The maximum Gasteiger partial charge on any atom is 0.358 e. The lowest BCUT2D eigenvalue weighted by Crippen LogP contribution is -1.94. The highest BCUT2D eigenvalue weighted by molar-refractivity contribution is 5.87. The monoisotopic (exact) mass is 249 g/mol. The Bertz CT molecular complexity index is 603. The van der Waals surface area contributed by atoms with Crippen LogP contribution in [0.25, 0.3) is 11.3 Å². The zero-order valence-corrected chi connectivity index (χ0v) is 9.80. The van der Waals surface area contributed by atoms with Crippen molar-refractivity contribution in [3.05, 3.63) is 29.5 Å². The fraction of sp³-hybridized carbons (Fsp3) is 0.167. The highest BCUT2D eigenvalue weighted by Crippen LogP contribution is 2.39. The van der Waals surface area contributed by atoms with Gasteiger partial charge in [0.2, 0.25) is 0 Å². The first kappa shape index (κ1) is 12.0. The molecule has 0 fully saturated rings. The Morgan fingerprint density at radius 1 is 1.44 bits per heavy atom. The number of methoxy groups -OCH3 is 1. The molecule has 0 bridgehead atoms. The molecule has 0 saturated carbocycles. The third kappa shape index (κ3) is 1.88. The molecule has 94 valence electrons. The molecule has 2 rings (SSSR count).